The maximum atomic E-state index is 13.1. The van der Waals surface area contributed by atoms with Crippen molar-refractivity contribution in [3.8, 4) is 11.4 Å². The molecule has 1 atom stereocenters. The predicted octanol–water partition coefficient (Wildman–Crippen LogP) is 4.06. The number of aryl methyl sites for hydroxylation is 1. The van der Waals surface area contributed by atoms with Gasteiger partial charge in [0.2, 0.25) is 0 Å². The molecule has 3 heterocycles. The number of rotatable bonds is 3. The average Bonchev–Trinajstić information content (AvgIpc) is 3.29. The second-order valence-electron chi connectivity index (χ2n) is 7.71. The Morgan fingerprint density at radius 1 is 1.09 bits per heavy atom. The van der Waals surface area contributed by atoms with E-state index in [9.17, 15) is 31.1 Å². The van der Waals surface area contributed by atoms with Crippen LogP contribution in [0.4, 0.5) is 26.3 Å². The lowest BCUT2D eigenvalue weighted by atomic mass is 9.96. The van der Waals surface area contributed by atoms with Gasteiger partial charge in [-0.05, 0) is 31.4 Å². The molecule has 13 heteroatoms. The van der Waals surface area contributed by atoms with Crippen molar-refractivity contribution in [2.75, 3.05) is 0 Å². The third-order valence-electron chi connectivity index (χ3n) is 5.50. The summed E-state index contributed by atoms with van der Waals surface area (Å²) < 4.78 is 80.5. The van der Waals surface area contributed by atoms with Crippen molar-refractivity contribution in [2.45, 2.75) is 37.7 Å². The van der Waals surface area contributed by atoms with Crippen molar-refractivity contribution in [3.63, 3.8) is 0 Å². The SMILES string of the molecule is Cn1nc(C(F)(F)F)cc1C(=O)NC1CCCc2c1nc(-c1ccnc(C(F)(F)F)c1)n2C. The minimum absolute atomic E-state index is 0.209. The van der Waals surface area contributed by atoms with Crippen LogP contribution in [0.15, 0.2) is 24.4 Å². The molecular formula is C20H18F6N6O. The van der Waals surface area contributed by atoms with Crippen LogP contribution in [0, 0.1) is 0 Å². The van der Waals surface area contributed by atoms with Crippen LogP contribution >= 0.6 is 0 Å². The largest absolute Gasteiger partial charge is 0.435 e. The van der Waals surface area contributed by atoms with Crippen molar-refractivity contribution in [3.05, 3.63) is 52.9 Å². The maximum absolute atomic E-state index is 13.1. The molecule has 176 valence electrons. The summed E-state index contributed by atoms with van der Waals surface area (Å²) in [4.78, 5) is 20.5. The van der Waals surface area contributed by atoms with Gasteiger partial charge in [-0.25, -0.2) is 4.98 Å². The highest BCUT2D eigenvalue weighted by Gasteiger charge is 2.36. The Bertz CT molecular complexity index is 1210. The van der Waals surface area contributed by atoms with E-state index in [-0.39, 0.29) is 17.1 Å². The fraction of sp³-hybridized carbons (Fsp3) is 0.400. The Balaban J connectivity index is 1.64. The van der Waals surface area contributed by atoms with E-state index in [0.717, 1.165) is 22.6 Å². The van der Waals surface area contributed by atoms with Crippen LogP contribution < -0.4 is 5.32 Å². The lowest BCUT2D eigenvalue weighted by molar-refractivity contribution is -0.142. The molecule has 1 aliphatic carbocycles. The van der Waals surface area contributed by atoms with Gasteiger partial charge >= 0.3 is 12.4 Å². The van der Waals surface area contributed by atoms with Crippen LogP contribution in [-0.4, -0.2) is 30.2 Å². The molecule has 1 N–H and O–H groups in total. The number of nitrogens with one attached hydrogen (secondary N) is 1. The monoisotopic (exact) mass is 472 g/mol. The average molecular weight is 472 g/mol. The lowest BCUT2D eigenvalue weighted by Crippen LogP contribution is -2.32. The third-order valence-corrected chi connectivity index (χ3v) is 5.50. The molecule has 0 spiro atoms. The summed E-state index contributed by atoms with van der Waals surface area (Å²) in [5.74, 6) is -0.484. The number of alkyl halides is 6. The zero-order valence-corrected chi connectivity index (χ0v) is 17.4. The number of aromatic nitrogens is 5. The molecular weight excluding hydrogens is 454 g/mol. The quantitative estimate of drug-likeness (QED) is 0.584. The predicted molar refractivity (Wildman–Crippen MR) is 103 cm³/mol. The summed E-state index contributed by atoms with van der Waals surface area (Å²) in [5.41, 5.74) is -1.10. The molecule has 1 aliphatic rings. The van der Waals surface area contributed by atoms with E-state index in [1.165, 1.54) is 13.1 Å². The van der Waals surface area contributed by atoms with Crippen molar-refractivity contribution in [2.24, 2.45) is 14.1 Å². The number of hydrogen-bond acceptors (Lipinski definition) is 4. The molecule has 7 nitrogen and oxygen atoms in total. The third kappa shape index (κ3) is 4.31. The molecule has 1 amide bonds. The molecule has 0 fully saturated rings. The first-order valence-electron chi connectivity index (χ1n) is 9.87. The van der Waals surface area contributed by atoms with Crippen molar-refractivity contribution < 1.29 is 31.1 Å². The van der Waals surface area contributed by atoms with Gasteiger partial charge in [-0.2, -0.15) is 31.4 Å². The summed E-state index contributed by atoms with van der Waals surface area (Å²) in [6.07, 6.45) is -6.54. The van der Waals surface area contributed by atoms with Gasteiger partial charge in [0.15, 0.2) is 5.69 Å². The van der Waals surface area contributed by atoms with Crippen LogP contribution in [0.5, 0.6) is 0 Å². The van der Waals surface area contributed by atoms with Crippen LogP contribution in [-0.2, 0) is 32.9 Å². The number of pyridine rings is 1. The highest BCUT2D eigenvalue weighted by molar-refractivity contribution is 5.93. The van der Waals surface area contributed by atoms with Gasteiger partial charge in [0, 0.05) is 37.6 Å². The van der Waals surface area contributed by atoms with E-state index >= 15 is 0 Å². The first-order chi connectivity index (χ1) is 15.4. The smallest absolute Gasteiger partial charge is 0.342 e. The second-order valence-corrected chi connectivity index (χ2v) is 7.71. The lowest BCUT2D eigenvalue weighted by Gasteiger charge is -2.23. The fourth-order valence-corrected chi connectivity index (χ4v) is 3.91. The van der Waals surface area contributed by atoms with E-state index in [0.29, 0.717) is 31.0 Å². The van der Waals surface area contributed by atoms with Gasteiger partial charge in [-0.3, -0.25) is 14.5 Å². The van der Waals surface area contributed by atoms with Crippen molar-refractivity contribution in [1.29, 1.82) is 0 Å². The molecule has 0 saturated heterocycles. The van der Waals surface area contributed by atoms with Crippen LogP contribution in [0.2, 0.25) is 0 Å². The minimum Gasteiger partial charge on any atom is -0.342 e. The summed E-state index contributed by atoms with van der Waals surface area (Å²) in [6.45, 7) is 0. The minimum atomic E-state index is -4.69. The van der Waals surface area contributed by atoms with E-state index < -0.39 is 35.7 Å². The summed E-state index contributed by atoms with van der Waals surface area (Å²) >= 11 is 0. The Morgan fingerprint density at radius 2 is 1.79 bits per heavy atom. The van der Waals surface area contributed by atoms with Gasteiger partial charge in [0.25, 0.3) is 5.91 Å². The normalized spacial score (nSPS) is 16.5. The highest BCUT2D eigenvalue weighted by Crippen LogP contribution is 2.35. The van der Waals surface area contributed by atoms with Gasteiger partial charge in [0.05, 0.1) is 11.7 Å². The number of nitrogens with zero attached hydrogens (tertiary/aromatic N) is 5. The van der Waals surface area contributed by atoms with Gasteiger partial charge < -0.3 is 9.88 Å². The molecule has 0 aliphatic heterocycles. The maximum Gasteiger partial charge on any atom is 0.435 e. The van der Waals surface area contributed by atoms with Gasteiger partial charge in [0.1, 0.15) is 17.2 Å². The van der Waals surface area contributed by atoms with E-state index in [2.05, 4.69) is 20.4 Å². The molecule has 0 radical (unpaired) electrons. The Hall–Kier alpha value is -3.38. The number of carbonyl (C=O) groups excluding carboxylic acids is 1. The Kier molecular flexibility index (Phi) is 5.45. The van der Waals surface area contributed by atoms with Crippen LogP contribution in [0.1, 0.15) is 52.1 Å². The Labute approximate surface area is 183 Å². The molecule has 3 aromatic heterocycles. The molecule has 0 aromatic carbocycles. The van der Waals surface area contributed by atoms with Crippen molar-refractivity contribution >= 4 is 5.91 Å². The molecule has 0 saturated carbocycles. The van der Waals surface area contributed by atoms with Gasteiger partial charge in [-0.1, -0.05) is 0 Å². The zero-order chi connectivity index (χ0) is 24.1. The molecule has 1 unspecified atom stereocenters. The van der Waals surface area contributed by atoms with E-state index in [1.807, 2.05) is 0 Å². The Morgan fingerprint density at radius 3 is 2.42 bits per heavy atom. The summed E-state index contributed by atoms with van der Waals surface area (Å²) in [6, 6.07) is 2.36. The van der Waals surface area contributed by atoms with E-state index in [4.69, 9.17) is 0 Å². The first-order valence-corrected chi connectivity index (χ1v) is 9.87. The number of halogens is 6. The summed E-state index contributed by atoms with van der Waals surface area (Å²) in [7, 11) is 2.90. The number of hydrogen-bond donors (Lipinski definition) is 1. The topological polar surface area (TPSA) is 77.6 Å². The molecule has 3 aromatic rings. The summed E-state index contributed by atoms with van der Waals surface area (Å²) in [5, 5.41) is 6.03. The van der Waals surface area contributed by atoms with Crippen LogP contribution in [0.25, 0.3) is 11.4 Å². The number of fused-ring (bicyclic) bond motifs is 1. The highest BCUT2D eigenvalue weighted by atomic mass is 19.4. The van der Waals surface area contributed by atoms with Crippen LogP contribution in [0.3, 0.4) is 0 Å². The number of amides is 1. The first kappa shape index (κ1) is 22.8. The molecule has 0 bridgehead atoms. The van der Waals surface area contributed by atoms with Crippen molar-refractivity contribution in [1.82, 2.24) is 29.6 Å². The van der Waals surface area contributed by atoms with E-state index in [1.54, 1.807) is 11.6 Å². The fourth-order valence-electron chi connectivity index (χ4n) is 3.91. The van der Waals surface area contributed by atoms with Gasteiger partial charge in [-0.15, -0.1) is 0 Å². The number of carbonyl (C=O) groups is 1. The molecule has 33 heavy (non-hydrogen) atoms. The second kappa shape index (κ2) is 7.89. The zero-order valence-electron chi connectivity index (χ0n) is 17.4. The molecule has 4 rings (SSSR count). The standard InChI is InChI=1S/C20H18F6N6O/c1-31-12-5-3-4-11(28-18(33)13-9-15(20(24,25)26)30-32(13)2)16(12)29-17(31)10-6-7-27-14(8-10)19(21,22)23/h6-9,11H,3-5H2,1-2H3,(H,28,33). The number of imidazole rings is 1.